The number of aromatic nitrogens is 5. The van der Waals surface area contributed by atoms with Gasteiger partial charge in [-0.3, -0.25) is 9.59 Å². The van der Waals surface area contributed by atoms with Crippen molar-refractivity contribution in [1.29, 1.82) is 0 Å². The van der Waals surface area contributed by atoms with E-state index in [0.717, 1.165) is 51.9 Å². The van der Waals surface area contributed by atoms with Crippen molar-refractivity contribution in [3.8, 4) is 5.75 Å². The molecule has 0 saturated heterocycles. The minimum atomic E-state index is -1.80. The number of nitrogens with one attached hydrogen (secondary N) is 2. The highest BCUT2D eigenvalue weighted by Crippen LogP contribution is 2.61. The summed E-state index contributed by atoms with van der Waals surface area (Å²) in [5, 5.41) is 18.6. The average Bonchev–Trinajstić information content (AvgIpc) is 3.86. The van der Waals surface area contributed by atoms with Crippen LogP contribution in [-0.4, -0.2) is 47.1 Å². The summed E-state index contributed by atoms with van der Waals surface area (Å²) in [5.74, 6) is 0.628. The molecule has 0 spiro atoms. The zero-order chi connectivity index (χ0) is 39.4. The lowest BCUT2D eigenvalue weighted by Gasteiger charge is -2.56. The van der Waals surface area contributed by atoms with Gasteiger partial charge in [-0.15, -0.1) is 0 Å². The van der Waals surface area contributed by atoms with Gasteiger partial charge >= 0.3 is 0 Å². The van der Waals surface area contributed by atoms with Crippen LogP contribution < -0.4 is 22.5 Å². The summed E-state index contributed by atoms with van der Waals surface area (Å²) in [6, 6.07) is 6.89. The number of carbonyl (C=O) groups excluding carboxylic acids is 2. The molecule has 13 nitrogen and oxygen atoms in total. The summed E-state index contributed by atoms with van der Waals surface area (Å²) >= 11 is 0. The number of anilines is 1. The monoisotopic (exact) mass is 765 g/mol. The van der Waals surface area contributed by atoms with Gasteiger partial charge in [-0.05, 0) is 147 Å². The molecule has 0 aliphatic heterocycles. The molecule has 3 heterocycles. The van der Waals surface area contributed by atoms with Crippen molar-refractivity contribution in [3.63, 3.8) is 0 Å². The number of aromatic hydroxyl groups is 1. The second-order valence-electron chi connectivity index (χ2n) is 17.2. The van der Waals surface area contributed by atoms with Crippen LogP contribution in [0.3, 0.4) is 0 Å². The van der Waals surface area contributed by atoms with Gasteiger partial charge in [0.25, 0.3) is 0 Å². The molecule has 56 heavy (non-hydrogen) atoms. The largest absolute Gasteiger partial charge is 0.508 e. The Hall–Kier alpha value is -5.24. The fourth-order valence-corrected chi connectivity index (χ4v) is 10.9. The zero-order valence-electron chi connectivity index (χ0n) is 32.1. The van der Waals surface area contributed by atoms with Gasteiger partial charge in [0.05, 0.1) is 5.92 Å². The number of nitrogens with zero attached hydrogens (tertiary/aromatic N) is 4. The van der Waals surface area contributed by atoms with Crippen molar-refractivity contribution in [3.05, 3.63) is 88.7 Å². The number of H-pyrrole nitrogens is 1. The Morgan fingerprint density at radius 3 is 2.45 bits per heavy atom. The Morgan fingerprint density at radius 1 is 1.11 bits per heavy atom. The van der Waals surface area contributed by atoms with Crippen LogP contribution in [0.2, 0.25) is 0 Å². The fourth-order valence-electron chi connectivity index (χ4n) is 10.9. The van der Waals surface area contributed by atoms with Crippen LogP contribution >= 0.6 is 0 Å². The van der Waals surface area contributed by atoms with Crippen molar-refractivity contribution in [2.24, 2.45) is 40.6 Å². The van der Waals surface area contributed by atoms with Gasteiger partial charge in [0.2, 0.25) is 17.7 Å². The van der Waals surface area contributed by atoms with E-state index in [0.29, 0.717) is 30.1 Å². The van der Waals surface area contributed by atoms with E-state index in [1.54, 1.807) is 41.4 Å². The molecule has 4 aliphatic rings. The van der Waals surface area contributed by atoms with Gasteiger partial charge < -0.3 is 41.7 Å². The molecule has 2 aromatic carbocycles. The van der Waals surface area contributed by atoms with Gasteiger partial charge in [0.1, 0.15) is 23.1 Å². The minimum absolute atomic E-state index is 0.0581. The Morgan fingerprint density at radius 2 is 1.80 bits per heavy atom. The molecule has 3 atom stereocenters. The Bertz CT molecular complexity index is 2200. The lowest BCUT2D eigenvalue weighted by molar-refractivity contribution is -0.135. The highest BCUT2D eigenvalue weighted by molar-refractivity contribution is 5.93. The highest BCUT2D eigenvalue weighted by atomic mass is 19.1. The van der Waals surface area contributed by atoms with Crippen LogP contribution in [0.4, 0.5) is 10.3 Å². The standard InChI is InChI=1S/C42H52FN9O4/c1-23-10-30(53)11-24(2)31(23)17-33(42(46,39(44)55)6-3-8-52-9-7-47-40(52)45)37(54)49-35(15-28-22-48-34-5-4-29(43)16-32(28)34)38-50-36(51-56-38)21-41-18-25-12-26(19-41)14-27(13-25)20-41/h4-5,7,9-11,16,22,25-27,33,35,48,53H,3,6,8,12-15,17-21,46H2,1-2H3,(H2,44,55)(H2,45,47)(H,49,54)/t25?,26?,27?,33-,35+,41?,42?/m1/s1. The summed E-state index contributed by atoms with van der Waals surface area (Å²) in [6.45, 7) is 4.08. The smallest absolute Gasteiger partial charge is 0.249 e. The number of primary amides is 1. The van der Waals surface area contributed by atoms with Gasteiger partial charge in [-0.25, -0.2) is 9.37 Å². The maximum atomic E-state index is 14.9. The van der Waals surface area contributed by atoms with E-state index in [2.05, 4.69) is 20.4 Å². The number of rotatable bonds is 15. The first-order valence-corrected chi connectivity index (χ1v) is 19.8. The number of amides is 2. The summed E-state index contributed by atoms with van der Waals surface area (Å²) in [5.41, 5.74) is 21.2. The van der Waals surface area contributed by atoms with E-state index < -0.39 is 29.3 Å². The molecule has 296 valence electrons. The second-order valence-corrected chi connectivity index (χ2v) is 17.2. The van der Waals surface area contributed by atoms with Gasteiger partial charge in [0, 0.05) is 48.9 Å². The number of fused-ring (bicyclic) bond motifs is 1. The van der Waals surface area contributed by atoms with Gasteiger partial charge in [-0.2, -0.15) is 4.98 Å². The zero-order valence-corrected chi connectivity index (χ0v) is 32.1. The third-order valence-electron chi connectivity index (χ3n) is 13.2. The number of phenols is 1. The SMILES string of the molecule is Cc1cc(O)cc(C)c1C[C@H](C(=O)N[C@@H](Cc1c[nH]c2ccc(F)cc12)c1nc(CC23CC4CC(CC(C4)C2)C3)no1)C(N)(CCCn1ccnc1N)C(N)=O. The molecule has 4 fully saturated rings. The normalized spacial score (nSPS) is 23.6. The van der Waals surface area contributed by atoms with Crippen LogP contribution in [0, 0.1) is 48.8 Å². The van der Waals surface area contributed by atoms with Gasteiger partial charge in [0.15, 0.2) is 11.8 Å². The maximum Gasteiger partial charge on any atom is 0.249 e. The van der Waals surface area contributed by atoms with Crippen LogP contribution in [-0.2, 0) is 35.4 Å². The number of imidazole rings is 1. The van der Waals surface area contributed by atoms with Crippen LogP contribution in [0.15, 0.2) is 53.4 Å². The van der Waals surface area contributed by atoms with E-state index in [4.69, 9.17) is 26.7 Å². The predicted octanol–water partition coefficient (Wildman–Crippen LogP) is 5.47. The molecule has 9 N–H and O–H groups in total. The topological polar surface area (TPSA) is 217 Å². The average molecular weight is 766 g/mol. The number of aryl methyl sites for hydroxylation is 3. The second kappa shape index (κ2) is 14.7. The number of aromatic amines is 1. The van der Waals surface area contributed by atoms with E-state index >= 15 is 0 Å². The summed E-state index contributed by atoms with van der Waals surface area (Å²) in [7, 11) is 0. The fraction of sp³-hybridized carbons (Fsp3) is 0.500. The Labute approximate surface area is 325 Å². The number of nitrogen functional groups attached to an aromatic ring is 1. The molecule has 9 rings (SSSR count). The molecule has 4 aliphatic carbocycles. The molecule has 5 aromatic rings. The van der Waals surface area contributed by atoms with Gasteiger partial charge in [-0.1, -0.05) is 5.16 Å². The Kier molecular flexibility index (Phi) is 9.88. The van der Waals surface area contributed by atoms with E-state index in [-0.39, 0.29) is 42.1 Å². The van der Waals surface area contributed by atoms with Crippen molar-refractivity contribution in [2.45, 2.75) is 103 Å². The molecule has 2 amide bonds. The first-order valence-electron chi connectivity index (χ1n) is 19.8. The lowest BCUT2D eigenvalue weighted by Crippen LogP contribution is -2.62. The number of nitrogens with two attached hydrogens (primary N) is 3. The minimum Gasteiger partial charge on any atom is -0.508 e. The number of phenolic OH excluding ortho intramolecular Hbond substituents is 1. The van der Waals surface area contributed by atoms with E-state index in [1.807, 2.05) is 13.8 Å². The molecular weight excluding hydrogens is 714 g/mol. The molecule has 1 unspecified atom stereocenters. The third-order valence-corrected chi connectivity index (χ3v) is 13.2. The van der Waals surface area contributed by atoms with Crippen LogP contribution in [0.1, 0.15) is 91.4 Å². The Balaban J connectivity index is 1.13. The van der Waals surface area contributed by atoms with Crippen LogP contribution in [0.25, 0.3) is 10.9 Å². The quantitative estimate of drug-likeness (QED) is 0.0795. The van der Waals surface area contributed by atoms with Crippen molar-refractivity contribution < 1.29 is 23.6 Å². The van der Waals surface area contributed by atoms with Crippen molar-refractivity contribution in [2.75, 3.05) is 5.73 Å². The molecular formula is C42H52FN9O4. The summed E-state index contributed by atoms with van der Waals surface area (Å²) in [6.07, 6.45) is 14.0. The highest BCUT2D eigenvalue weighted by Gasteiger charge is 2.51. The molecule has 0 radical (unpaired) electrons. The number of hydrogen-bond acceptors (Lipinski definition) is 9. The molecule has 14 heteroatoms. The maximum absolute atomic E-state index is 14.9. The predicted molar refractivity (Wildman–Crippen MR) is 208 cm³/mol. The summed E-state index contributed by atoms with van der Waals surface area (Å²) < 4.78 is 22.3. The number of carbonyl (C=O) groups is 2. The van der Waals surface area contributed by atoms with Crippen LogP contribution in [0.5, 0.6) is 5.75 Å². The summed E-state index contributed by atoms with van der Waals surface area (Å²) in [4.78, 5) is 40.6. The van der Waals surface area contributed by atoms with E-state index in [9.17, 15) is 19.1 Å². The molecule has 4 bridgehead atoms. The number of benzene rings is 2. The van der Waals surface area contributed by atoms with Crippen molar-refractivity contribution >= 4 is 28.7 Å². The number of hydrogen-bond donors (Lipinski definition) is 6. The first-order chi connectivity index (χ1) is 26.8. The van der Waals surface area contributed by atoms with Crippen molar-refractivity contribution in [1.82, 2.24) is 30.0 Å². The third kappa shape index (κ3) is 7.38. The first kappa shape index (κ1) is 37.7. The molecule has 3 aromatic heterocycles. The number of halogens is 1. The molecule has 4 saturated carbocycles. The lowest BCUT2D eigenvalue weighted by atomic mass is 9.49. The van der Waals surface area contributed by atoms with E-state index in [1.165, 1.54) is 50.7 Å².